The number of rotatable bonds is 10. The lowest BCUT2D eigenvalue weighted by atomic mass is 9.98. The third kappa shape index (κ3) is 5.28. The number of methoxy groups -OCH3 is 1. The summed E-state index contributed by atoms with van der Waals surface area (Å²) in [5.74, 6) is -0.120. The Bertz CT molecular complexity index is 1080. The van der Waals surface area contributed by atoms with Crippen molar-refractivity contribution >= 4 is 21.7 Å². The minimum absolute atomic E-state index is 0.0135. The second kappa shape index (κ2) is 10.7. The molecule has 178 valence electrons. The fourth-order valence-corrected chi connectivity index (χ4v) is 5.60. The van der Waals surface area contributed by atoms with E-state index < -0.39 is 20.5 Å². The number of nitrogens with one attached hydrogen (secondary N) is 1. The van der Waals surface area contributed by atoms with Crippen LogP contribution in [0.3, 0.4) is 0 Å². The molecule has 1 heterocycles. The summed E-state index contributed by atoms with van der Waals surface area (Å²) in [7, 11) is -2.47. The smallest absolute Gasteiger partial charge is 0.255 e. The monoisotopic (exact) mass is 476 g/mol. The standard InChI is InChI=1S/C23H28N2O7S/c1-30-20-6-3-2-5-19(20)21(26)25-13-4-14-32-17-7-9-18(10-8-17)33(28,29)23(22(24)27)11-15-31-16-12-23/h2-3,5-10H,4,11-16H2,1H3,(H2,24,27)(H,25,26). The molecule has 0 spiro atoms. The lowest BCUT2D eigenvalue weighted by Gasteiger charge is -2.33. The van der Waals surface area contributed by atoms with Crippen LogP contribution in [0.2, 0.25) is 0 Å². The number of primary amides is 1. The van der Waals surface area contributed by atoms with Crippen LogP contribution in [-0.2, 0) is 19.4 Å². The minimum Gasteiger partial charge on any atom is -0.496 e. The molecule has 9 nitrogen and oxygen atoms in total. The fourth-order valence-electron chi connectivity index (χ4n) is 3.68. The summed E-state index contributed by atoms with van der Waals surface area (Å²) < 4.78 is 40.7. The molecule has 0 radical (unpaired) electrons. The van der Waals surface area contributed by atoms with Crippen LogP contribution in [0.4, 0.5) is 0 Å². The van der Waals surface area contributed by atoms with Gasteiger partial charge in [-0.25, -0.2) is 8.42 Å². The Kier molecular flexibility index (Phi) is 7.93. The first-order valence-electron chi connectivity index (χ1n) is 10.6. The average Bonchev–Trinajstić information content (AvgIpc) is 2.84. The van der Waals surface area contributed by atoms with Crippen LogP contribution in [0.5, 0.6) is 11.5 Å². The lowest BCUT2D eigenvalue weighted by molar-refractivity contribution is -0.122. The SMILES string of the molecule is COc1ccccc1C(=O)NCCCOc1ccc(S(=O)(=O)C2(C(N)=O)CCOCC2)cc1. The second-order valence-electron chi connectivity index (χ2n) is 7.60. The van der Waals surface area contributed by atoms with Gasteiger partial charge in [-0.3, -0.25) is 9.59 Å². The van der Waals surface area contributed by atoms with Gasteiger partial charge in [-0.15, -0.1) is 0 Å². The van der Waals surface area contributed by atoms with Gasteiger partial charge in [0.05, 0.1) is 24.2 Å². The molecule has 0 atom stereocenters. The van der Waals surface area contributed by atoms with Gasteiger partial charge in [0.1, 0.15) is 11.5 Å². The first-order chi connectivity index (χ1) is 15.8. The molecular formula is C23H28N2O7S. The number of amides is 2. The van der Waals surface area contributed by atoms with E-state index in [1.54, 1.807) is 24.3 Å². The Morgan fingerprint density at radius 1 is 1.09 bits per heavy atom. The van der Waals surface area contributed by atoms with E-state index in [1.165, 1.54) is 31.4 Å². The molecule has 2 aromatic rings. The maximum absolute atomic E-state index is 13.1. The number of ether oxygens (including phenoxy) is 3. The number of nitrogens with two attached hydrogens (primary N) is 1. The van der Waals surface area contributed by atoms with Crippen molar-refractivity contribution < 1.29 is 32.2 Å². The zero-order valence-electron chi connectivity index (χ0n) is 18.4. The van der Waals surface area contributed by atoms with Gasteiger partial charge < -0.3 is 25.3 Å². The van der Waals surface area contributed by atoms with Crippen molar-refractivity contribution in [3.8, 4) is 11.5 Å². The van der Waals surface area contributed by atoms with E-state index in [-0.39, 0.29) is 36.9 Å². The van der Waals surface area contributed by atoms with Gasteiger partial charge >= 0.3 is 0 Å². The molecule has 1 aliphatic rings. The van der Waals surface area contributed by atoms with Crippen LogP contribution in [0.25, 0.3) is 0 Å². The summed E-state index contributed by atoms with van der Waals surface area (Å²) >= 11 is 0. The van der Waals surface area contributed by atoms with E-state index in [0.29, 0.717) is 36.6 Å². The number of benzene rings is 2. The molecule has 0 bridgehead atoms. The Morgan fingerprint density at radius 3 is 2.39 bits per heavy atom. The van der Waals surface area contributed by atoms with Gasteiger partial charge in [0.15, 0.2) is 14.6 Å². The van der Waals surface area contributed by atoms with Crippen molar-refractivity contribution in [2.24, 2.45) is 5.73 Å². The summed E-state index contributed by atoms with van der Waals surface area (Å²) in [5, 5.41) is 2.81. The maximum atomic E-state index is 13.1. The van der Waals surface area contributed by atoms with E-state index in [9.17, 15) is 18.0 Å². The summed E-state index contributed by atoms with van der Waals surface area (Å²) in [4.78, 5) is 24.3. The quantitative estimate of drug-likeness (QED) is 0.499. The van der Waals surface area contributed by atoms with Crippen LogP contribution >= 0.6 is 0 Å². The van der Waals surface area contributed by atoms with Crippen LogP contribution in [0.1, 0.15) is 29.6 Å². The highest BCUT2D eigenvalue weighted by atomic mass is 32.2. The van der Waals surface area contributed by atoms with Gasteiger partial charge in [-0.05, 0) is 55.7 Å². The number of para-hydroxylation sites is 1. The topological polar surface area (TPSA) is 134 Å². The summed E-state index contributed by atoms with van der Waals surface area (Å²) in [6, 6.07) is 12.8. The van der Waals surface area contributed by atoms with Crippen LogP contribution < -0.4 is 20.5 Å². The molecular weight excluding hydrogens is 448 g/mol. The molecule has 10 heteroatoms. The minimum atomic E-state index is -3.98. The summed E-state index contributed by atoms with van der Waals surface area (Å²) in [6.45, 7) is 1.04. The first-order valence-corrected chi connectivity index (χ1v) is 12.1. The Morgan fingerprint density at radius 2 is 1.76 bits per heavy atom. The molecule has 2 amide bonds. The van der Waals surface area contributed by atoms with Crippen molar-refractivity contribution in [3.05, 3.63) is 54.1 Å². The predicted molar refractivity (Wildman–Crippen MR) is 121 cm³/mol. The number of carbonyl (C=O) groups excluding carboxylic acids is 2. The van der Waals surface area contributed by atoms with Crippen molar-refractivity contribution in [2.75, 3.05) is 33.5 Å². The van der Waals surface area contributed by atoms with Gasteiger partial charge in [0.25, 0.3) is 5.91 Å². The largest absolute Gasteiger partial charge is 0.496 e. The fraction of sp³-hybridized carbons (Fsp3) is 0.391. The zero-order chi connectivity index (χ0) is 23.9. The molecule has 0 aromatic heterocycles. The predicted octanol–water partition coefficient (Wildman–Crippen LogP) is 1.70. The van der Waals surface area contributed by atoms with Gasteiger partial charge in [-0.1, -0.05) is 12.1 Å². The molecule has 1 fully saturated rings. The maximum Gasteiger partial charge on any atom is 0.255 e. The molecule has 1 saturated heterocycles. The molecule has 3 N–H and O–H groups in total. The summed E-state index contributed by atoms with van der Waals surface area (Å²) in [5.41, 5.74) is 5.94. The van der Waals surface area contributed by atoms with Crippen molar-refractivity contribution in [2.45, 2.75) is 28.9 Å². The highest BCUT2D eigenvalue weighted by molar-refractivity contribution is 7.93. The molecule has 1 aliphatic heterocycles. The van der Waals surface area contributed by atoms with E-state index in [2.05, 4.69) is 5.32 Å². The van der Waals surface area contributed by atoms with E-state index in [0.717, 1.165) is 0 Å². The van der Waals surface area contributed by atoms with Crippen LogP contribution in [0.15, 0.2) is 53.4 Å². The van der Waals surface area contributed by atoms with E-state index in [4.69, 9.17) is 19.9 Å². The average molecular weight is 477 g/mol. The van der Waals surface area contributed by atoms with Crippen molar-refractivity contribution in [1.29, 1.82) is 0 Å². The third-order valence-electron chi connectivity index (χ3n) is 5.62. The third-order valence-corrected chi connectivity index (χ3v) is 8.16. The van der Waals surface area contributed by atoms with Gasteiger partial charge in [0.2, 0.25) is 5.91 Å². The molecule has 33 heavy (non-hydrogen) atoms. The van der Waals surface area contributed by atoms with Gasteiger partial charge in [-0.2, -0.15) is 0 Å². The highest BCUT2D eigenvalue weighted by Crippen LogP contribution is 2.35. The molecule has 3 rings (SSSR count). The normalized spacial score (nSPS) is 15.4. The summed E-state index contributed by atoms with van der Waals surface area (Å²) in [6.07, 6.45) is 0.610. The van der Waals surface area contributed by atoms with Gasteiger partial charge in [0, 0.05) is 19.8 Å². The van der Waals surface area contributed by atoms with E-state index >= 15 is 0 Å². The zero-order valence-corrected chi connectivity index (χ0v) is 19.2. The Balaban J connectivity index is 1.53. The number of hydrogen-bond donors (Lipinski definition) is 2. The number of hydrogen-bond acceptors (Lipinski definition) is 7. The molecule has 0 unspecified atom stereocenters. The molecule has 0 saturated carbocycles. The van der Waals surface area contributed by atoms with Crippen LogP contribution in [0, 0.1) is 0 Å². The van der Waals surface area contributed by atoms with E-state index in [1.807, 2.05) is 0 Å². The Labute approximate surface area is 193 Å². The number of carbonyl (C=O) groups is 2. The number of sulfone groups is 1. The van der Waals surface area contributed by atoms with Crippen LogP contribution in [-0.4, -0.2) is 58.5 Å². The van der Waals surface area contributed by atoms with Crippen molar-refractivity contribution in [1.82, 2.24) is 5.32 Å². The lowest BCUT2D eigenvalue weighted by Crippen LogP contribution is -2.53. The Hall–Kier alpha value is -3.11. The molecule has 2 aromatic carbocycles. The van der Waals surface area contributed by atoms with Crippen molar-refractivity contribution in [3.63, 3.8) is 0 Å². The second-order valence-corrected chi connectivity index (χ2v) is 9.86. The first kappa shape index (κ1) is 24.5. The highest BCUT2D eigenvalue weighted by Gasteiger charge is 2.51. The molecule has 0 aliphatic carbocycles.